The summed E-state index contributed by atoms with van der Waals surface area (Å²) in [4.78, 5) is 18.9. The number of pyridine rings is 1. The number of rotatable bonds is 4. The first-order valence-corrected chi connectivity index (χ1v) is 6.38. The molecule has 1 heterocycles. The van der Waals surface area contributed by atoms with E-state index in [-0.39, 0.29) is 6.42 Å². The van der Waals surface area contributed by atoms with Gasteiger partial charge in [0.2, 0.25) is 0 Å². The number of carboxylic acids is 1. The third-order valence-electron chi connectivity index (χ3n) is 2.38. The highest BCUT2D eigenvalue weighted by atomic mass is 79.9. The van der Waals surface area contributed by atoms with Gasteiger partial charge in [0.25, 0.3) is 0 Å². The molecule has 1 aromatic carbocycles. The predicted molar refractivity (Wildman–Crippen MR) is 77.0 cm³/mol. The standard InChI is InChI=1S/C14H11BrN2O2/c15-12-5-11(7-16-9-12)8-17-13-3-1-10(2-4-13)6-14(18)19/h1-5,7-9H,6H2,(H,18,19). The van der Waals surface area contributed by atoms with Crippen molar-refractivity contribution >= 4 is 33.8 Å². The number of halogens is 1. The number of benzene rings is 1. The lowest BCUT2D eigenvalue weighted by molar-refractivity contribution is -0.136. The van der Waals surface area contributed by atoms with E-state index in [0.29, 0.717) is 0 Å². The molecule has 0 saturated heterocycles. The molecule has 4 nitrogen and oxygen atoms in total. The van der Waals surface area contributed by atoms with E-state index in [0.717, 1.165) is 21.3 Å². The van der Waals surface area contributed by atoms with Crippen LogP contribution in [0.3, 0.4) is 0 Å². The van der Waals surface area contributed by atoms with Crippen LogP contribution in [-0.2, 0) is 11.2 Å². The molecule has 0 aliphatic carbocycles. The average molecular weight is 319 g/mol. The van der Waals surface area contributed by atoms with E-state index < -0.39 is 5.97 Å². The molecule has 0 unspecified atom stereocenters. The highest BCUT2D eigenvalue weighted by molar-refractivity contribution is 9.10. The topological polar surface area (TPSA) is 62.5 Å². The van der Waals surface area contributed by atoms with Crippen LogP contribution in [0.5, 0.6) is 0 Å². The molecule has 2 rings (SSSR count). The van der Waals surface area contributed by atoms with Crippen molar-refractivity contribution in [2.45, 2.75) is 6.42 Å². The van der Waals surface area contributed by atoms with Gasteiger partial charge in [0.15, 0.2) is 0 Å². The molecule has 1 aromatic heterocycles. The van der Waals surface area contributed by atoms with E-state index in [1.54, 1.807) is 42.9 Å². The van der Waals surface area contributed by atoms with Gasteiger partial charge in [0, 0.05) is 28.6 Å². The maximum atomic E-state index is 10.6. The molecule has 1 N–H and O–H groups in total. The second-order valence-electron chi connectivity index (χ2n) is 3.93. The first kappa shape index (κ1) is 13.4. The Morgan fingerprint density at radius 3 is 2.68 bits per heavy atom. The third-order valence-corrected chi connectivity index (χ3v) is 2.81. The molecule has 0 atom stereocenters. The van der Waals surface area contributed by atoms with Crippen LogP contribution in [0.15, 0.2) is 52.2 Å². The van der Waals surface area contributed by atoms with Gasteiger partial charge in [0.1, 0.15) is 0 Å². The van der Waals surface area contributed by atoms with E-state index in [1.807, 2.05) is 6.07 Å². The van der Waals surface area contributed by atoms with E-state index in [1.165, 1.54) is 0 Å². The van der Waals surface area contributed by atoms with Crippen LogP contribution in [0, 0.1) is 0 Å². The summed E-state index contributed by atoms with van der Waals surface area (Å²) in [5.41, 5.74) is 2.42. The number of carbonyl (C=O) groups is 1. The van der Waals surface area contributed by atoms with Crippen molar-refractivity contribution in [2.75, 3.05) is 0 Å². The normalized spacial score (nSPS) is 10.8. The largest absolute Gasteiger partial charge is 0.481 e. The fourth-order valence-corrected chi connectivity index (χ4v) is 1.90. The summed E-state index contributed by atoms with van der Waals surface area (Å²) < 4.78 is 0.897. The van der Waals surface area contributed by atoms with Crippen molar-refractivity contribution in [3.8, 4) is 0 Å². The summed E-state index contributed by atoms with van der Waals surface area (Å²) in [5, 5.41) is 8.67. The summed E-state index contributed by atoms with van der Waals surface area (Å²) in [7, 11) is 0. The second-order valence-corrected chi connectivity index (χ2v) is 4.85. The van der Waals surface area contributed by atoms with Crippen molar-refractivity contribution in [3.05, 3.63) is 58.3 Å². The highest BCUT2D eigenvalue weighted by Crippen LogP contribution is 2.14. The average Bonchev–Trinajstić information content (AvgIpc) is 2.37. The number of hydrogen-bond donors (Lipinski definition) is 1. The van der Waals surface area contributed by atoms with Gasteiger partial charge < -0.3 is 5.11 Å². The van der Waals surface area contributed by atoms with E-state index >= 15 is 0 Å². The number of hydrogen-bond acceptors (Lipinski definition) is 3. The maximum absolute atomic E-state index is 10.6. The lowest BCUT2D eigenvalue weighted by atomic mass is 10.1. The van der Waals surface area contributed by atoms with Crippen molar-refractivity contribution in [1.29, 1.82) is 0 Å². The fourth-order valence-electron chi connectivity index (χ4n) is 1.52. The van der Waals surface area contributed by atoms with Crippen molar-refractivity contribution < 1.29 is 9.90 Å². The Kier molecular flexibility index (Phi) is 4.41. The van der Waals surface area contributed by atoms with E-state index in [2.05, 4.69) is 25.9 Å². The zero-order valence-electron chi connectivity index (χ0n) is 9.95. The van der Waals surface area contributed by atoms with Crippen LogP contribution in [-0.4, -0.2) is 22.3 Å². The SMILES string of the molecule is O=C(O)Cc1ccc(N=Cc2cncc(Br)c2)cc1. The molecular weight excluding hydrogens is 308 g/mol. The Morgan fingerprint density at radius 1 is 1.32 bits per heavy atom. The minimum Gasteiger partial charge on any atom is -0.481 e. The van der Waals surface area contributed by atoms with Crippen LogP contribution in [0.2, 0.25) is 0 Å². The molecular formula is C14H11BrN2O2. The maximum Gasteiger partial charge on any atom is 0.307 e. The van der Waals surface area contributed by atoms with Gasteiger partial charge in [-0.05, 0) is 39.7 Å². The highest BCUT2D eigenvalue weighted by Gasteiger charge is 1.99. The van der Waals surface area contributed by atoms with Crippen LogP contribution >= 0.6 is 15.9 Å². The summed E-state index contributed by atoms with van der Waals surface area (Å²) in [5.74, 6) is -0.837. The molecule has 0 aliphatic heterocycles. The van der Waals surface area contributed by atoms with E-state index in [9.17, 15) is 4.79 Å². The van der Waals surface area contributed by atoms with Gasteiger partial charge in [-0.2, -0.15) is 0 Å². The molecule has 0 fully saturated rings. The molecule has 5 heteroatoms. The van der Waals surface area contributed by atoms with Gasteiger partial charge in [-0.3, -0.25) is 14.8 Å². The lowest BCUT2D eigenvalue weighted by Gasteiger charge is -1.98. The first-order valence-electron chi connectivity index (χ1n) is 5.59. The monoisotopic (exact) mass is 318 g/mol. The van der Waals surface area contributed by atoms with Crippen LogP contribution < -0.4 is 0 Å². The first-order chi connectivity index (χ1) is 9.13. The predicted octanol–water partition coefficient (Wildman–Crippen LogP) is 3.22. The summed E-state index contributed by atoms with van der Waals surface area (Å²) in [6.45, 7) is 0. The second kappa shape index (κ2) is 6.24. The fraction of sp³-hybridized carbons (Fsp3) is 0.0714. The minimum atomic E-state index is -0.837. The van der Waals surface area contributed by atoms with Gasteiger partial charge in [-0.15, -0.1) is 0 Å². The Morgan fingerprint density at radius 2 is 2.05 bits per heavy atom. The molecule has 19 heavy (non-hydrogen) atoms. The van der Waals surface area contributed by atoms with Crippen LogP contribution in [0.1, 0.15) is 11.1 Å². The Hall–Kier alpha value is -2.01. The number of aliphatic carboxylic acids is 1. The van der Waals surface area contributed by atoms with Crippen LogP contribution in [0.25, 0.3) is 0 Å². The lowest BCUT2D eigenvalue weighted by Crippen LogP contribution is -1.99. The Bertz CT molecular complexity index is 609. The molecule has 0 radical (unpaired) electrons. The third kappa shape index (κ3) is 4.30. The quantitative estimate of drug-likeness (QED) is 0.880. The minimum absolute atomic E-state index is 0.0273. The summed E-state index contributed by atoms with van der Waals surface area (Å²) in [6.07, 6.45) is 5.16. The summed E-state index contributed by atoms with van der Waals surface area (Å²) >= 11 is 3.34. The molecule has 2 aromatic rings. The van der Waals surface area contributed by atoms with Gasteiger partial charge >= 0.3 is 5.97 Å². The number of carboxylic acid groups (broad SMARTS) is 1. The zero-order valence-corrected chi connectivity index (χ0v) is 11.5. The van der Waals surface area contributed by atoms with Crippen molar-refractivity contribution in [2.24, 2.45) is 4.99 Å². The zero-order chi connectivity index (χ0) is 13.7. The molecule has 0 spiro atoms. The number of aliphatic imine (C=N–C) groups is 1. The smallest absolute Gasteiger partial charge is 0.307 e. The molecule has 0 amide bonds. The van der Waals surface area contributed by atoms with E-state index in [4.69, 9.17) is 5.11 Å². The van der Waals surface area contributed by atoms with Gasteiger partial charge in [-0.25, -0.2) is 0 Å². The Balaban J connectivity index is 2.09. The molecule has 0 bridgehead atoms. The van der Waals surface area contributed by atoms with Crippen LogP contribution in [0.4, 0.5) is 5.69 Å². The van der Waals surface area contributed by atoms with Gasteiger partial charge in [-0.1, -0.05) is 12.1 Å². The van der Waals surface area contributed by atoms with Crippen molar-refractivity contribution in [1.82, 2.24) is 4.98 Å². The summed E-state index contributed by atoms with van der Waals surface area (Å²) in [6, 6.07) is 9.02. The molecule has 0 saturated carbocycles. The van der Waals surface area contributed by atoms with Crippen molar-refractivity contribution in [3.63, 3.8) is 0 Å². The number of nitrogens with zero attached hydrogens (tertiary/aromatic N) is 2. The Labute approximate surface area is 119 Å². The number of aromatic nitrogens is 1. The molecule has 96 valence electrons. The van der Waals surface area contributed by atoms with Gasteiger partial charge in [0.05, 0.1) is 12.1 Å². The molecule has 0 aliphatic rings.